The highest BCUT2D eigenvalue weighted by Gasteiger charge is 2.44. The third-order valence-electron chi connectivity index (χ3n) is 15.8. The number of nitrogens with two attached hydrogens (primary N) is 1. The number of imide groups is 1. The summed E-state index contributed by atoms with van der Waals surface area (Å²) in [5.74, 6) is 6.77. The van der Waals surface area contributed by atoms with Gasteiger partial charge in [-0.1, -0.05) is 17.9 Å². The van der Waals surface area contributed by atoms with Crippen LogP contribution in [0.25, 0.3) is 28.1 Å². The monoisotopic (exact) mass is 1080 g/mol. The number of hydrogen-bond acceptors (Lipinski definition) is 15. The number of likely N-dealkylation sites (tertiary alicyclic amines) is 1. The number of carbonyl (C=O) groups is 5. The summed E-state index contributed by atoms with van der Waals surface area (Å²) in [6.07, 6.45) is 11.0. The number of anilines is 4. The smallest absolute Gasteiger partial charge is 0.264 e. The number of likely N-dealkylation sites (N-methyl/N-ethyl adjacent to an activating group) is 1. The number of aromatic nitrogens is 7. The Bertz CT molecular complexity index is 3550. The molecule has 11 rings (SSSR count). The zero-order chi connectivity index (χ0) is 55.4. The molecule has 20 nitrogen and oxygen atoms in total. The van der Waals surface area contributed by atoms with Gasteiger partial charge in [0, 0.05) is 125 Å². The van der Waals surface area contributed by atoms with Gasteiger partial charge in [0.25, 0.3) is 11.8 Å². The SMILES string of the molecule is CNC(=O)C(CCC=O)N1C(=O)c2cccc(NCc3cnn(C4CCN(C(=O)C5CCN(c6ccc(C#CCN7CCN(c8ccc(-n9c(C)nc%10ccc(-c%11ccnc(N)c%11)nc%109)cc8F)CC7)cn6)CC5)CC4)c3)c2C1=O. The Morgan fingerprint density at radius 1 is 0.875 bits per heavy atom. The van der Waals surface area contributed by atoms with Crippen molar-refractivity contribution in [2.45, 2.75) is 64.1 Å². The lowest BCUT2D eigenvalue weighted by molar-refractivity contribution is -0.137. The average Bonchev–Trinajstić information content (AvgIpc) is 4.30. The van der Waals surface area contributed by atoms with Crippen LogP contribution < -0.4 is 26.2 Å². The summed E-state index contributed by atoms with van der Waals surface area (Å²) in [4.78, 5) is 92.5. The number of nitrogens with zero attached hydrogens (tertiary/aromatic N) is 12. The van der Waals surface area contributed by atoms with E-state index in [1.807, 2.05) is 75.9 Å². The molecule has 7 aromatic rings. The minimum Gasteiger partial charge on any atom is -0.384 e. The van der Waals surface area contributed by atoms with E-state index in [1.165, 1.54) is 7.05 Å². The fourth-order valence-corrected chi connectivity index (χ4v) is 11.4. The standard InChI is InChI=1S/C59H62FN15O5/c1-38-67-49-13-12-47(42-16-21-63-52(61)32-42)68-55(49)74(38)44-11-14-50(46(60)33-44)70-29-27-69(28-30-70)22-4-6-39-10-15-53(65-34-39)71-23-17-41(18-24-71)57(78)72-25-19-43(20-26-72)73-37-40(36-66-73)35-64-48-8-3-7-45-54(48)59(80)75(58(45)79)51(9-5-31-76)56(77)62-2/h3,7-8,10-16,21,31-34,36-37,41,43,51,64H,5,9,17-20,22-30,35H2,1-2H3,(H2,61,63)(H,62,77). The maximum absolute atomic E-state index is 15.9. The number of nitrogen functional groups attached to an aromatic ring is 1. The second-order valence-corrected chi connectivity index (χ2v) is 20.7. The quantitative estimate of drug-likeness (QED) is 0.0640. The van der Waals surface area contributed by atoms with E-state index in [4.69, 9.17) is 15.7 Å². The molecule has 0 aliphatic carbocycles. The zero-order valence-corrected chi connectivity index (χ0v) is 44.7. The number of rotatable bonds is 15. The summed E-state index contributed by atoms with van der Waals surface area (Å²) in [6, 6.07) is 20.8. The number of aryl methyl sites for hydroxylation is 1. The number of hydrogen-bond donors (Lipinski definition) is 3. The number of nitrogens with one attached hydrogen (secondary N) is 2. The molecule has 9 heterocycles. The second-order valence-electron chi connectivity index (χ2n) is 20.7. The van der Waals surface area contributed by atoms with Crippen molar-refractivity contribution in [2.75, 3.05) is 86.8 Å². The Balaban J connectivity index is 0.608. The molecule has 5 aromatic heterocycles. The van der Waals surface area contributed by atoms with Crippen molar-refractivity contribution >= 4 is 64.1 Å². The van der Waals surface area contributed by atoms with E-state index >= 15 is 4.39 Å². The average molecular weight is 1080 g/mol. The van der Waals surface area contributed by atoms with Crippen LogP contribution in [0.5, 0.6) is 0 Å². The van der Waals surface area contributed by atoms with Gasteiger partial charge in [0.15, 0.2) is 5.65 Å². The van der Waals surface area contributed by atoms with Crippen molar-refractivity contribution in [3.05, 3.63) is 131 Å². The molecule has 0 bridgehead atoms. The number of imidazole rings is 1. The predicted molar refractivity (Wildman–Crippen MR) is 300 cm³/mol. The molecule has 0 spiro atoms. The van der Waals surface area contributed by atoms with Gasteiger partial charge in [-0.05, 0) is 99.7 Å². The number of piperidine rings is 2. The maximum Gasteiger partial charge on any atom is 0.264 e. The number of halogens is 1. The molecule has 0 saturated carbocycles. The normalized spacial score (nSPS) is 16.6. The van der Waals surface area contributed by atoms with E-state index in [9.17, 15) is 24.0 Å². The summed E-state index contributed by atoms with van der Waals surface area (Å²) in [5, 5.41) is 10.4. The lowest BCUT2D eigenvalue weighted by atomic mass is 9.93. The van der Waals surface area contributed by atoms with Gasteiger partial charge in [0.2, 0.25) is 11.8 Å². The van der Waals surface area contributed by atoms with Crippen molar-refractivity contribution in [1.29, 1.82) is 0 Å². The fourth-order valence-electron chi connectivity index (χ4n) is 11.4. The predicted octanol–water partition coefficient (Wildman–Crippen LogP) is 5.66. The van der Waals surface area contributed by atoms with Gasteiger partial charge >= 0.3 is 0 Å². The molecule has 1 unspecified atom stereocenters. The van der Waals surface area contributed by atoms with Gasteiger partial charge < -0.3 is 35.9 Å². The molecule has 4 aliphatic rings. The molecular weight excluding hydrogens is 1020 g/mol. The number of benzene rings is 2. The highest BCUT2D eigenvalue weighted by molar-refractivity contribution is 6.25. The molecule has 4 amide bonds. The topological polar surface area (TPSA) is 226 Å². The molecule has 3 saturated heterocycles. The molecule has 0 radical (unpaired) electrons. The Labute approximate surface area is 462 Å². The van der Waals surface area contributed by atoms with Crippen LogP contribution in [0.4, 0.5) is 27.4 Å². The lowest BCUT2D eigenvalue weighted by Crippen LogP contribution is -2.48. The molecule has 2 aromatic carbocycles. The molecule has 4 aliphatic heterocycles. The van der Waals surface area contributed by atoms with Crippen LogP contribution >= 0.6 is 0 Å². The van der Waals surface area contributed by atoms with Gasteiger partial charge in [-0.25, -0.2) is 24.3 Å². The number of amides is 4. The first-order chi connectivity index (χ1) is 38.9. The summed E-state index contributed by atoms with van der Waals surface area (Å²) in [6.45, 7) is 8.45. The highest BCUT2D eigenvalue weighted by Crippen LogP contribution is 2.34. The van der Waals surface area contributed by atoms with Crippen molar-refractivity contribution < 1.29 is 28.4 Å². The summed E-state index contributed by atoms with van der Waals surface area (Å²) < 4.78 is 19.7. The van der Waals surface area contributed by atoms with E-state index in [-0.39, 0.29) is 47.7 Å². The molecule has 3 fully saturated rings. The van der Waals surface area contributed by atoms with E-state index < -0.39 is 23.8 Å². The Morgan fingerprint density at radius 3 is 2.42 bits per heavy atom. The van der Waals surface area contributed by atoms with E-state index in [2.05, 4.69) is 52.2 Å². The van der Waals surface area contributed by atoms with Crippen LogP contribution in [-0.4, -0.2) is 151 Å². The summed E-state index contributed by atoms with van der Waals surface area (Å²) in [7, 11) is 1.43. The fraction of sp³-hybridized carbons (Fsp3) is 0.356. The second kappa shape index (κ2) is 23.1. The molecule has 21 heteroatoms. The molecule has 410 valence electrons. The number of fused-ring (bicyclic) bond motifs is 2. The third kappa shape index (κ3) is 10.9. The lowest BCUT2D eigenvalue weighted by Gasteiger charge is -2.37. The maximum atomic E-state index is 15.9. The van der Waals surface area contributed by atoms with Gasteiger partial charge in [-0.2, -0.15) is 5.10 Å². The first-order valence-electron chi connectivity index (χ1n) is 27.2. The summed E-state index contributed by atoms with van der Waals surface area (Å²) >= 11 is 0. The summed E-state index contributed by atoms with van der Waals surface area (Å²) in [5.41, 5.74) is 12.6. The van der Waals surface area contributed by atoms with E-state index in [0.717, 1.165) is 85.0 Å². The number of carbonyl (C=O) groups excluding carboxylic acids is 5. The largest absolute Gasteiger partial charge is 0.384 e. The first kappa shape index (κ1) is 53.0. The van der Waals surface area contributed by atoms with Crippen molar-refractivity contribution in [3.8, 4) is 28.8 Å². The van der Waals surface area contributed by atoms with Gasteiger partial charge in [-0.3, -0.25) is 38.2 Å². The highest BCUT2D eigenvalue weighted by atomic mass is 19.1. The Hall–Kier alpha value is -9.03. The van der Waals surface area contributed by atoms with E-state index in [1.54, 1.807) is 42.7 Å². The van der Waals surface area contributed by atoms with Crippen molar-refractivity contribution in [1.82, 2.24) is 54.3 Å². The van der Waals surface area contributed by atoms with Crippen LogP contribution in [0.15, 0.2) is 97.6 Å². The van der Waals surface area contributed by atoms with Crippen LogP contribution in [0.3, 0.4) is 0 Å². The van der Waals surface area contributed by atoms with Crippen LogP contribution in [0.1, 0.15) is 82.2 Å². The molecule has 4 N–H and O–H groups in total. The number of aldehydes is 1. The van der Waals surface area contributed by atoms with Crippen molar-refractivity contribution in [2.24, 2.45) is 5.92 Å². The van der Waals surface area contributed by atoms with Gasteiger partial charge in [0.05, 0.1) is 47.0 Å². The van der Waals surface area contributed by atoms with Gasteiger partial charge in [0.1, 0.15) is 41.1 Å². The van der Waals surface area contributed by atoms with Gasteiger partial charge in [-0.15, -0.1) is 0 Å². The van der Waals surface area contributed by atoms with E-state index in [0.29, 0.717) is 85.4 Å². The Kier molecular flexibility index (Phi) is 15.3. The Morgan fingerprint density at radius 2 is 1.69 bits per heavy atom. The zero-order valence-electron chi connectivity index (χ0n) is 44.7. The van der Waals surface area contributed by atoms with Crippen LogP contribution in [0, 0.1) is 30.5 Å². The minimum absolute atomic E-state index is 0.0270. The number of piperazine rings is 1. The van der Waals surface area contributed by atoms with Crippen LogP contribution in [0.2, 0.25) is 0 Å². The molecular formula is C59H62FN15O5. The third-order valence-corrected chi connectivity index (χ3v) is 15.8. The molecule has 80 heavy (non-hydrogen) atoms. The first-order valence-corrected chi connectivity index (χ1v) is 27.2. The molecule has 1 atom stereocenters. The minimum atomic E-state index is -1.10. The van der Waals surface area contributed by atoms with Crippen molar-refractivity contribution in [3.63, 3.8) is 0 Å². The number of pyridine rings is 3. The van der Waals surface area contributed by atoms with Crippen LogP contribution in [-0.2, 0) is 20.9 Å².